The molecule has 0 bridgehead atoms. The van der Waals surface area contributed by atoms with Gasteiger partial charge in [0.25, 0.3) is 5.91 Å². The largest absolute Gasteiger partial charge is 0.428 e. The van der Waals surface area contributed by atoms with Crippen LogP contribution >= 0.6 is 0 Å². The highest BCUT2D eigenvalue weighted by Gasteiger charge is 2.96. The zero-order chi connectivity index (χ0) is 20.0. The molecule has 1 atom stereocenters. The molecular formula is C13H9F9N2O2. The van der Waals surface area contributed by atoms with Crippen LogP contribution in [0.4, 0.5) is 39.5 Å². The Kier molecular flexibility index (Phi) is 4.67. The van der Waals surface area contributed by atoms with Gasteiger partial charge in [-0.05, 0) is 12.1 Å². The van der Waals surface area contributed by atoms with Gasteiger partial charge in [-0.25, -0.2) is 0 Å². The molecule has 2 rings (SSSR count). The Morgan fingerprint density at radius 1 is 1.08 bits per heavy atom. The van der Waals surface area contributed by atoms with Crippen LogP contribution in [0.5, 0.6) is 0 Å². The molecule has 1 unspecified atom stereocenters. The lowest BCUT2D eigenvalue weighted by Crippen LogP contribution is -2.64. The molecule has 1 aliphatic rings. The van der Waals surface area contributed by atoms with E-state index in [-0.39, 0.29) is 12.1 Å². The summed E-state index contributed by atoms with van der Waals surface area (Å²) in [6.07, 6.45) is -5.17. The van der Waals surface area contributed by atoms with E-state index in [9.17, 15) is 44.3 Å². The lowest BCUT2D eigenvalue weighted by atomic mass is 9.99. The van der Waals surface area contributed by atoms with Crippen LogP contribution in [0, 0.1) is 0 Å². The molecule has 1 N–H and O–H groups in total. The maximum atomic E-state index is 13.9. The van der Waals surface area contributed by atoms with Crippen LogP contribution in [-0.4, -0.2) is 47.2 Å². The number of nitrogens with zero attached hydrogens (tertiary/aromatic N) is 1. The number of aromatic nitrogens is 1. The first-order chi connectivity index (χ1) is 11.7. The highest BCUT2D eigenvalue weighted by atomic mass is 19.4. The molecular weight excluding hydrogens is 387 g/mol. The maximum absolute atomic E-state index is 13.9. The summed E-state index contributed by atoms with van der Waals surface area (Å²) in [6.45, 7) is -0.695. The molecule has 1 aliphatic heterocycles. The van der Waals surface area contributed by atoms with Crippen LogP contribution in [0.25, 0.3) is 0 Å². The quantitative estimate of drug-likeness (QED) is 0.779. The second kappa shape index (κ2) is 5.99. The van der Waals surface area contributed by atoms with Crippen molar-refractivity contribution in [3.8, 4) is 0 Å². The number of ether oxygens (including phenoxy) is 1. The molecule has 1 fully saturated rings. The molecule has 1 aromatic rings. The lowest BCUT2D eigenvalue weighted by Gasteiger charge is -2.31. The van der Waals surface area contributed by atoms with Crippen molar-refractivity contribution in [2.45, 2.75) is 36.2 Å². The molecule has 1 amide bonds. The molecule has 0 radical (unpaired) electrons. The average Bonchev–Trinajstić information content (AvgIpc) is 2.63. The molecule has 2 heterocycles. The van der Waals surface area contributed by atoms with Gasteiger partial charge in [-0.3, -0.25) is 14.5 Å². The van der Waals surface area contributed by atoms with Gasteiger partial charge in [-0.2, -0.15) is 39.5 Å². The van der Waals surface area contributed by atoms with Crippen molar-refractivity contribution in [2.24, 2.45) is 0 Å². The van der Waals surface area contributed by atoms with E-state index >= 15 is 0 Å². The van der Waals surface area contributed by atoms with Crippen LogP contribution in [-0.2, 0) is 16.0 Å². The topological polar surface area (TPSA) is 51.2 Å². The average molecular weight is 396 g/mol. The zero-order valence-electron chi connectivity index (χ0n) is 12.4. The predicted octanol–water partition coefficient (Wildman–Crippen LogP) is 2.94. The number of halogens is 9. The van der Waals surface area contributed by atoms with Crippen molar-refractivity contribution in [3.63, 3.8) is 0 Å². The monoisotopic (exact) mass is 396 g/mol. The van der Waals surface area contributed by atoms with Gasteiger partial charge in [0.15, 0.2) is 0 Å². The van der Waals surface area contributed by atoms with Gasteiger partial charge in [-0.1, -0.05) is 6.07 Å². The van der Waals surface area contributed by atoms with Crippen LogP contribution in [0.2, 0.25) is 0 Å². The Hall–Kier alpha value is -2.05. The second-order valence-corrected chi connectivity index (χ2v) is 5.26. The Balaban J connectivity index is 2.18. The first-order valence-electron chi connectivity index (χ1n) is 6.79. The third kappa shape index (κ3) is 2.68. The summed E-state index contributed by atoms with van der Waals surface area (Å²) in [5, 5.41) is 1.29. The number of nitrogens with one attached hydrogen (secondary N) is 1. The Bertz CT molecular complexity index is 683. The van der Waals surface area contributed by atoms with Crippen molar-refractivity contribution < 1.29 is 49.0 Å². The predicted molar refractivity (Wildman–Crippen MR) is 65.7 cm³/mol. The maximum Gasteiger partial charge on any atom is 0.428 e. The minimum atomic E-state index is -6.69. The van der Waals surface area contributed by atoms with Crippen molar-refractivity contribution in [1.29, 1.82) is 0 Å². The number of rotatable bonds is 5. The number of hydrogen-bond acceptors (Lipinski definition) is 3. The molecule has 1 aromatic heterocycles. The second-order valence-electron chi connectivity index (χ2n) is 5.26. The molecule has 0 spiro atoms. The lowest BCUT2D eigenvalue weighted by molar-refractivity contribution is -0.367. The van der Waals surface area contributed by atoms with Gasteiger partial charge in [0.1, 0.15) is 0 Å². The van der Waals surface area contributed by atoms with E-state index in [2.05, 4.69) is 9.72 Å². The van der Waals surface area contributed by atoms with Gasteiger partial charge in [0, 0.05) is 24.9 Å². The van der Waals surface area contributed by atoms with E-state index in [0.717, 1.165) is 0 Å². The van der Waals surface area contributed by atoms with Crippen molar-refractivity contribution in [2.75, 3.05) is 6.54 Å². The Morgan fingerprint density at radius 2 is 1.69 bits per heavy atom. The van der Waals surface area contributed by atoms with Crippen LogP contribution in [0.3, 0.4) is 0 Å². The third-order valence-electron chi connectivity index (χ3n) is 3.51. The van der Waals surface area contributed by atoms with E-state index in [1.165, 1.54) is 29.7 Å². The molecule has 13 heteroatoms. The van der Waals surface area contributed by atoms with Crippen molar-refractivity contribution in [3.05, 3.63) is 30.1 Å². The highest BCUT2D eigenvalue weighted by Crippen LogP contribution is 2.64. The Morgan fingerprint density at radius 3 is 2.15 bits per heavy atom. The summed E-state index contributed by atoms with van der Waals surface area (Å²) >= 11 is 0. The number of pyridine rings is 1. The number of hydrogen-bond donors (Lipinski definition) is 1. The number of carbonyl (C=O) groups is 1. The normalized spacial score (nSPS) is 26.5. The fraction of sp³-hybridized carbons (Fsp3) is 0.538. The van der Waals surface area contributed by atoms with E-state index in [4.69, 9.17) is 0 Å². The standard InChI is InChI=1S/C13H9F9N2O2/c14-9(15,8(25)24-6-4-7-3-1-2-5-23-7)12(20)10(16,17)11(18,19)13(21,22)26-12/h1-3,5H,4,6H2,(H,24,25). The molecule has 0 aromatic carbocycles. The molecule has 1 saturated heterocycles. The molecule has 0 saturated carbocycles. The number of amides is 1. The summed E-state index contributed by atoms with van der Waals surface area (Å²) in [7, 11) is 0. The highest BCUT2D eigenvalue weighted by molar-refractivity contribution is 5.85. The summed E-state index contributed by atoms with van der Waals surface area (Å²) in [5.74, 6) is -28.4. The Labute approximate surface area is 139 Å². The summed E-state index contributed by atoms with van der Waals surface area (Å²) in [5.41, 5.74) is 0.256. The SMILES string of the molecule is O=C(NCCc1ccccn1)C(F)(F)C1(F)OC(F)(F)C(F)(F)C1(F)F. The smallest absolute Gasteiger partial charge is 0.350 e. The van der Waals surface area contributed by atoms with E-state index < -0.39 is 42.2 Å². The third-order valence-corrected chi connectivity index (χ3v) is 3.51. The summed E-state index contributed by atoms with van der Waals surface area (Å²) in [6, 6.07) is 4.39. The van der Waals surface area contributed by atoms with Crippen LogP contribution in [0.1, 0.15) is 5.69 Å². The molecule has 0 aliphatic carbocycles. The molecule has 4 nitrogen and oxygen atoms in total. The van der Waals surface area contributed by atoms with E-state index in [0.29, 0.717) is 0 Å². The van der Waals surface area contributed by atoms with Crippen molar-refractivity contribution >= 4 is 5.91 Å². The minimum absolute atomic E-state index is 0.217. The first-order valence-corrected chi connectivity index (χ1v) is 6.79. The summed E-state index contributed by atoms with van der Waals surface area (Å²) in [4.78, 5) is 15.1. The van der Waals surface area contributed by atoms with Crippen LogP contribution in [0.15, 0.2) is 24.4 Å². The van der Waals surface area contributed by atoms with Gasteiger partial charge in [-0.15, -0.1) is 0 Å². The van der Waals surface area contributed by atoms with Gasteiger partial charge < -0.3 is 5.32 Å². The molecule has 26 heavy (non-hydrogen) atoms. The van der Waals surface area contributed by atoms with Gasteiger partial charge in [0.2, 0.25) is 0 Å². The van der Waals surface area contributed by atoms with E-state index in [1.807, 2.05) is 0 Å². The van der Waals surface area contributed by atoms with Gasteiger partial charge in [0.05, 0.1) is 0 Å². The first kappa shape index (κ1) is 20.3. The minimum Gasteiger partial charge on any atom is -0.350 e. The molecule has 146 valence electrons. The number of carbonyl (C=O) groups excluding carboxylic acids is 1. The van der Waals surface area contributed by atoms with Crippen LogP contribution < -0.4 is 5.32 Å². The fourth-order valence-corrected chi connectivity index (χ4v) is 2.06. The number of alkyl halides is 9. The van der Waals surface area contributed by atoms with E-state index in [1.54, 1.807) is 0 Å². The fourth-order valence-electron chi connectivity index (χ4n) is 2.06. The van der Waals surface area contributed by atoms with Gasteiger partial charge >= 0.3 is 29.7 Å². The zero-order valence-corrected chi connectivity index (χ0v) is 12.4. The summed E-state index contributed by atoms with van der Waals surface area (Å²) < 4.78 is 122. The van der Waals surface area contributed by atoms with Crippen molar-refractivity contribution in [1.82, 2.24) is 10.3 Å².